The van der Waals surface area contributed by atoms with Crippen LogP contribution >= 0.6 is 11.3 Å². The summed E-state index contributed by atoms with van der Waals surface area (Å²) in [7, 11) is 0. The first-order chi connectivity index (χ1) is 9.42. The van der Waals surface area contributed by atoms with Crippen molar-refractivity contribution >= 4 is 27.6 Å². The van der Waals surface area contributed by atoms with E-state index in [0.717, 1.165) is 40.6 Å². The Morgan fingerprint density at radius 3 is 2.63 bits per heavy atom. The molecule has 4 nitrogen and oxygen atoms in total. The Morgan fingerprint density at radius 1 is 1.05 bits per heavy atom. The second kappa shape index (κ2) is 4.28. The van der Waals surface area contributed by atoms with Crippen LogP contribution in [0.5, 0.6) is 0 Å². The van der Waals surface area contributed by atoms with Gasteiger partial charge in [-0.3, -0.25) is 0 Å². The molecule has 0 atom stereocenters. The highest BCUT2D eigenvalue weighted by Gasteiger charge is 2.20. The normalized spacial score (nSPS) is 14.6. The number of anilines is 1. The number of nitrogens with zero attached hydrogens (tertiary/aromatic N) is 4. The fourth-order valence-corrected chi connectivity index (χ4v) is 2.86. The molecule has 0 saturated carbocycles. The summed E-state index contributed by atoms with van der Waals surface area (Å²) in [6, 6.07) is 10.2. The van der Waals surface area contributed by atoms with Crippen LogP contribution in [-0.2, 0) is 0 Å². The lowest BCUT2D eigenvalue weighted by atomic mass is 10.1. The summed E-state index contributed by atoms with van der Waals surface area (Å²) in [4.78, 5) is 16.9. The molecule has 0 radical (unpaired) electrons. The monoisotopic (exact) mass is 268 g/mol. The van der Waals surface area contributed by atoms with Crippen LogP contribution in [0.3, 0.4) is 0 Å². The van der Waals surface area contributed by atoms with Gasteiger partial charge >= 0.3 is 0 Å². The van der Waals surface area contributed by atoms with Crippen molar-refractivity contribution in [3.63, 3.8) is 0 Å². The maximum absolute atomic E-state index is 4.72. The summed E-state index contributed by atoms with van der Waals surface area (Å²) in [5, 5.41) is 0. The predicted octanol–water partition coefficient (Wildman–Crippen LogP) is 2.96. The van der Waals surface area contributed by atoms with Crippen molar-refractivity contribution in [1.29, 1.82) is 0 Å². The molecule has 0 N–H and O–H groups in total. The minimum atomic E-state index is 0.835. The Morgan fingerprint density at radius 2 is 1.89 bits per heavy atom. The van der Waals surface area contributed by atoms with Crippen molar-refractivity contribution in [1.82, 2.24) is 15.0 Å². The van der Waals surface area contributed by atoms with Gasteiger partial charge in [-0.05, 0) is 6.42 Å². The second-order valence-electron chi connectivity index (χ2n) is 4.58. The Hall–Kier alpha value is -2.01. The highest BCUT2D eigenvalue weighted by Crippen LogP contribution is 2.30. The smallest absolute Gasteiger partial charge is 0.227 e. The van der Waals surface area contributed by atoms with E-state index in [1.54, 1.807) is 11.3 Å². The van der Waals surface area contributed by atoms with E-state index in [9.17, 15) is 0 Å². The van der Waals surface area contributed by atoms with E-state index in [4.69, 9.17) is 4.98 Å². The molecule has 1 saturated heterocycles. The lowest BCUT2D eigenvalue weighted by Crippen LogP contribution is -2.38. The van der Waals surface area contributed by atoms with Gasteiger partial charge in [0.15, 0.2) is 0 Å². The number of benzene rings is 1. The summed E-state index contributed by atoms with van der Waals surface area (Å²) >= 11 is 1.57. The molecule has 4 rings (SSSR count). The molecule has 3 heterocycles. The molecule has 1 aliphatic heterocycles. The molecule has 3 aromatic rings. The number of rotatable bonds is 2. The third kappa shape index (κ3) is 1.77. The lowest BCUT2D eigenvalue weighted by molar-refractivity contribution is 0.602. The fraction of sp³-hybridized carbons (Fsp3) is 0.214. The number of fused-ring (bicyclic) bond motifs is 1. The largest absolute Gasteiger partial charge is 0.341 e. The van der Waals surface area contributed by atoms with Gasteiger partial charge < -0.3 is 4.90 Å². The van der Waals surface area contributed by atoms with Gasteiger partial charge in [0.2, 0.25) is 5.95 Å². The SMILES string of the molecule is c1ccc(-c2nc(N3CCC3)nc3scnc23)cc1. The molecule has 0 spiro atoms. The van der Waals surface area contributed by atoms with Gasteiger partial charge in [0.1, 0.15) is 16.0 Å². The number of aromatic nitrogens is 3. The molecule has 1 fully saturated rings. The van der Waals surface area contributed by atoms with Crippen LogP contribution in [0.15, 0.2) is 35.8 Å². The zero-order valence-electron chi connectivity index (χ0n) is 10.3. The van der Waals surface area contributed by atoms with Gasteiger partial charge in [0.25, 0.3) is 0 Å². The minimum absolute atomic E-state index is 0.835. The molecule has 19 heavy (non-hydrogen) atoms. The van der Waals surface area contributed by atoms with Gasteiger partial charge in [0, 0.05) is 18.7 Å². The van der Waals surface area contributed by atoms with E-state index >= 15 is 0 Å². The maximum Gasteiger partial charge on any atom is 0.227 e. The quantitative estimate of drug-likeness (QED) is 0.716. The van der Waals surface area contributed by atoms with Crippen LogP contribution in [0.2, 0.25) is 0 Å². The highest BCUT2D eigenvalue weighted by atomic mass is 32.1. The summed E-state index contributed by atoms with van der Waals surface area (Å²) in [6.07, 6.45) is 1.23. The van der Waals surface area contributed by atoms with E-state index in [-0.39, 0.29) is 0 Å². The Labute approximate surface area is 114 Å². The van der Waals surface area contributed by atoms with Crippen LogP contribution in [0.1, 0.15) is 6.42 Å². The number of hydrogen-bond acceptors (Lipinski definition) is 5. The Kier molecular flexibility index (Phi) is 2.45. The minimum Gasteiger partial charge on any atom is -0.341 e. The molecular weight excluding hydrogens is 256 g/mol. The van der Waals surface area contributed by atoms with Gasteiger partial charge in [-0.2, -0.15) is 0 Å². The first kappa shape index (κ1) is 10.9. The zero-order chi connectivity index (χ0) is 12.7. The third-order valence-electron chi connectivity index (χ3n) is 3.37. The van der Waals surface area contributed by atoms with Crippen molar-refractivity contribution < 1.29 is 0 Å². The average molecular weight is 268 g/mol. The van der Waals surface area contributed by atoms with Crippen molar-refractivity contribution in [2.75, 3.05) is 18.0 Å². The summed E-state index contributed by atoms with van der Waals surface area (Å²) in [5.41, 5.74) is 4.78. The maximum atomic E-state index is 4.72. The van der Waals surface area contributed by atoms with Gasteiger partial charge in [-0.15, -0.1) is 11.3 Å². The molecule has 94 valence electrons. The molecule has 5 heteroatoms. The van der Waals surface area contributed by atoms with Gasteiger partial charge in [0.05, 0.1) is 5.51 Å². The average Bonchev–Trinajstić information content (AvgIpc) is 2.85. The van der Waals surface area contributed by atoms with Crippen molar-refractivity contribution in [3.05, 3.63) is 35.8 Å². The van der Waals surface area contributed by atoms with Crippen LogP contribution in [-0.4, -0.2) is 28.0 Å². The summed E-state index contributed by atoms with van der Waals surface area (Å²) < 4.78 is 0. The second-order valence-corrected chi connectivity index (χ2v) is 5.42. The number of thiazole rings is 1. The van der Waals surface area contributed by atoms with Crippen LogP contribution in [0.4, 0.5) is 5.95 Å². The fourth-order valence-electron chi connectivity index (χ4n) is 2.21. The molecular formula is C14H12N4S. The van der Waals surface area contributed by atoms with Crippen LogP contribution in [0.25, 0.3) is 21.6 Å². The van der Waals surface area contributed by atoms with Crippen molar-refractivity contribution in [2.45, 2.75) is 6.42 Å². The van der Waals surface area contributed by atoms with Crippen molar-refractivity contribution in [3.8, 4) is 11.3 Å². The molecule has 0 amide bonds. The standard InChI is InChI=1S/C14H12N4S/c1-2-5-10(6-3-1)11-12-13(19-9-15-12)17-14(16-11)18-7-4-8-18/h1-3,5-6,9H,4,7-8H2. The highest BCUT2D eigenvalue weighted by molar-refractivity contribution is 7.16. The first-order valence-corrected chi connectivity index (χ1v) is 7.21. The molecule has 1 aromatic carbocycles. The molecule has 1 aliphatic rings. The predicted molar refractivity (Wildman–Crippen MR) is 77.5 cm³/mol. The van der Waals surface area contributed by atoms with E-state index < -0.39 is 0 Å². The molecule has 0 aliphatic carbocycles. The topological polar surface area (TPSA) is 41.9 Å². The zero-order valence-corrected chi connectivity index (χ0v) is 11.1. The van der Waals surface area contributed by atoms with Crippen LogP contribution in [0, 0.1) is 0 Å². The Bertz CT molecular complexity index is 719. The lowest BCUT2D eigenvalue weighted by Gasteiger charge is -2.30. The molecule has 0 bridgehead atoms. The first-order valence-electron chi connectivity index (χ1n) is 6.33. The van der Waals surface area contributed by atoms with Crippen LogP contribution < -0.4 is 4.90 Å². The van der Waals surface area contributed by atoms with Gasteiger partial charge in [-0.25, -0.2) is 15.0 Å². The van der Waals surface area contributed by atoms with Crippen molar-refractivity contribution in [2.24, 2.45) is 0 Å². The molecule has 0 unspecified atom stereocenters. The Balaban J connectivity index is 1.94. The molecule has 2 aromatic heterocycles. The van der Waals surface area contributed by atoms with E-state index in [1.807, 2.05) is 23.7 Å². The third-order valence-corrected chi connectivity index (χ3v) is 4.09. The summed E-state index contributed by atoms with van der Waals surface area (Å²) in [6.45, 7) is 2.11. The number of hydrogen-bond donors (Lipinski definition) is 0. The van der Waals surface area contributed by atoms with Gasteiger partial charge in [-0.1, -0.05) is 30.3 Å². The van der Waals surface area contributed by atoms with E-state index in [2.05, 4.69) is 27.0 Å². The van der Waals surface area contributed by atoms with E-state index in [0.29, 0.717) is 0 Å². The van der Waals surface area contributed by atoms with E-state index in [1.165, 1.54) is 6.42 Å². The summed E-state index contributed by atoms with van der Waals surface area (Å²) in [5.74, 6) is 0.835.